The highest BCUT2D eigenvalue weighted by Gasteiger charge is 2.82. The van der Waals surface area contributed by atoms with Crippen LogP contribution < -0.4 is 21.2 Å². The van der Waals surface area contributed by atoms with Crippen molar-refractivity contribution in [1.82, 2.24) is 4.44 Å². The van der Waals surface area contributed by atoms with E-state index in [0.29, 0.717) is 12.0 Å². The molecule has 1 saturated carbocycles. The summed E-state index contributed by atoms with van der Waals surface area (Å²) >= 11 is 0. The molecule has 2 aliphatic rings. The molecule has 176 valence electrons. The van der Waals surface area contributed by atoms with E-state index < -0.39 is 14.8 Å². The largest absolute Gasteiger partial charge is 0.227 e. The molecular weight excluding hydrogens is 460 g/mol. The predicted molar refractivity (Wildman–Crippen MR) is 156 cm³/mol. The summed E-state index contributed by atoms with van der Waals surface area (Å²) in [7, 11) is -3.52. The lowest BCUT2D eigenvalue weighted by Gasteiger charge is -2.55. The van der Waals surface area contributed by atoms with Crippen LogP contribution in [-0.2, 0) is 0 Å². The quantitative estimate of drug-likeness (QED) is 0.269. The minimum atomic E-state index is -1.76. The number of hydrogen-bond acceptors (Lipinski definition) is 1. The van der Waals surface area contributed by atoms with Gasteiger partial charge in [-0.3, -0.25) is 0 Å². The Hall–Kier alpha value is -2.30. The van der Waals surface area contributed by atoms with Crippen molar-refractivity contribution >= 4 is 36.0 Å². The monoisotopic (exact) mass is 495 g/mol. The fourth-order valence-electron chi connectivity index (χ4n) is 6.56. The van der Waals surface area contributed by atoms with Gasteiger partial charge in [0.25, 0.3) is 0 Å². The summed E-state index contributed by atoms with van der Waals surface area (Å²) in [6, 6.07) is 46.7. The second-order valence-corrected chi connectivity index (χ2v) is 17.6. The van der Waals surface area contributed by atoms with Crippen molar-refractivity contribution in [3.63, 3.8) is 0 Å². The van der Waals surface area contributed by atoms with Crippen LogP contribution in [0.25, 0.3) is 0 Å². The number of hydrogen-bond donors (Lipinski definition) is 0. The van der Waals surface area contributed by atoms with Crippen molar-refractivity contribution in [3.05, 3.63) is 121 Å². The molecule has 0 bridgehead atoms. The van der Waals surface area contributed by atoms with Gasteiger partial charge in [-0.05, 0) is 71.7 Å². The Labute approximate surface area is 212 Å². The maximum Gasteiger partial charge on any atom is 0.227 e. The van der Waals surface area contributed by atoms with E-state index in [1.807, 2.05) is 0 Å². The lowest BCUT2D eigenvalue weighted by molar-refractivity contribution is 0.255. The Balaban J connectivity index is 1.65. The Morgan fingerprint density at radius 2 is 0.857 bits per heavy atom. The Kier molecular flexibility index (Phi) is 6.36. The first kappa shape index (κ1) is 23.1. The van der Waals surface area contributed by atoms with Gasteiger partial charge in [0.15, 0.2) is 0 Å². The lowest BCUT2D eigenvalue weighted by Crippen LogP contribution is -2.59. The molecule has 3 heteroatoms. The topological polar surface area (TPSA) is 3.24 Å². The van der Waals surface area contributed by atoms with Crippen molar-refractivity contribution in [2.45, 2.75) is 38.6 Å². The molecule has 1 aliphatic heterocycles. The van der Waals surface area contributed by atoms with Crippen LogP contribution in [-0.4, -0.2) is 16.4 Å². The maximum atomic E-state index is 3.18. The minimum absolute atomic E-state index is 0.611. The van der Waals surface area contributed by atoms with Crippen LogP contribution in [0, 0.1) is 5.92 Å². The van der Waals surface area contributed by atoms with Gasteiger partial charge in [-0.2, -0.15) is 0 Å². The first-order valence-electron chi connectivity index (χ1n) is 13.1. The van der Waals surface area contributed by atoms with E-state index in [4.69, 9.17) is 0 Å². The summed E-state index contributed by atoms with van der Waals surface area (Å²) in [5.41, 5.74) is 0. The first-order valence-corrected chi connectivity index (χ1v) is 16.9. The van der Waals surface area contributed by atoms with Gasteiger partial charge < -0.3 is 0 Å². The number of nitrogens with zero attached hydrogens (tertiary/aromatic N) is 1. The van der Waals surface area contributed by atoms with Crippen LogP contribution in [0.5, 0.6) is 0 Å². The molecule has 1 heterocycles. The number of benzene rings is 4. The van der Waals surface area contributed by atoms with Crippen LogP contribution in [0.1, 0.15) is 32.6 Å². The molecule has 0 radical (unpaired) electrons. The third-order valence-electron chi connectivity index (χ3n) is 8.21. The zero-order valence-electron chi connectivity index (χ0n) is 20.6. The minimum Gasteiger partial charge on any atom is -0.0620 e. The lowest BCUT2D eigenvalue weighted by atomic mass is 9.87. The highest BCUT2D eigenvalue weighted by atomic mass is 31.3. The molecule has 2 fully saturated rings. The van der Waals surface area contributed by atoms with Gasteiger partial charge in [0.1, 0.15) is 21.2 Å². The Bertz CT molecular complexity index is 1080. The Morgan fingerprint density at radius 3 is 1.20 bits per heavy atom. The van der Waals surface area contributed by atoms with Crippen LogP contribution in [0.2, 0.25) is 0 Å². The summed E-state index contributed by atoms with van der Waals surface area (Å²) in [5, 5.41) is 6.19. The smallest absolute Gasteiger partial charge is 0.0620 e. The second-order valence-electron chi connectivity index (χ2n) is 10.2. The van der Waals surface area contributed by atoms with Crippen molar-refractivity contribution in [2.24, 2.45) is 5.92 Å². The van der Waals surface area contributed by atoms with Crippen molar-refractivity contribution in [1.29, 1.82) is 0 Å². The van der Waals surface area contributed by atoms with Crippen molar-refractivity contribution in [2.75, 3.05) is 5.90 Å². The molecule has 4 aromatic carbocycles. The molecule has 0 spiro atoms. The summed E-state index contributed by atoms with van der Waals surface area (Å²) < 4.78 is 3.18. The Morgan fingerprint density at radius 1 is 0.514 bits per heavy atom. The molecule has 1 nitrogen and oxygen atoms in total. The van der Waals surface area contributed by atoms with E-state index in [2.05, 4.69) is 133 Å². The maximum absolute atomic E-state index is 3.18. The molecule has 4 aromatic rings. The van der Waals surface area contributed by atoms with Crippen LogP contribution in [0.4, 0.5) is 0 Å². The SMILES string of the molecule is CC1CCCCC1N1[P+](c2ccccc2)(c2ccccc2)C[P+]1(c1ccccc1)c1ccccc1. The molecular formula is C32H35NP2+2. The predicted octanol–water partition coefficient (Wildman–Crippen LogP) is 7.01. The van der Waals surface area contributed by atoms with E-state index in [0.717, 1.165) is 0 Å². The molecule has 0 amide bonds. The molecule has 0 N–H and O–H groups in total. The van der Waals surface area contributed by atoms with E-state index in [1.54, 1.807) is 21.2 Å². The van der Waals surface area contributed by atoms with Crippen molar-refractivity contribution < 1.29 is 0 Å². The van der Waals surface area contributed by atoms with Gasteiger partial charge >= 0.3 is 0 Å². The van der Waals surface area contributed by atoms with Gasteiger partial charge in [-0.1, -0.05) is 92.6 Å². The standard InChI is InChI=1S/C32H35NP2/c1-27-16-14-15-25-32(27)33-34(28-17-6-2-7-18-28,29-19-8-3-9-20-29)26-35(33,30-21-10-4-11-22-30)31-23-12-5-13-24-31/h2-13,17-24,27,32H,14-16,25-26H2,1H3/q+2. The molecule has 2 unspecified atom stereocenters. The van der Waals surface area contributed by atoms with Gasteiger partial charge in [-0.15, -0.1) is 0 Å². The normalized spacial score (nSPS) is 23.3. The van der Waals surface area contributed by atoms with E-state index in [-0.39, 0.29) is 0 Å². The van der Waals surface area contributed by atoms with Crippen LogP contribution in [0.3, 0.4) is 0 Å². The molecule has 6 rings (SSSR count). The van der Waals surface area contributed by atoms with E-state index >= 15 is 0 Å². The summed E-state index contributed by atoms with van der Waals surface area (Å²) in [6.45, 7) is 2.53. The zero-order valence-corrected chi connectivity index (χ0v) is 22.4. The second kappa shape index (κ2) is 9.63. The molecule has 0 aromatic heterocycles. The van der Waals surface area contributed by atoms with Gasteiger partial charge in [0.05, 0.1) is 6.04 Å². The molecule has 2 atom stereocenters. The molecule has 35 heavy (non-hydrogen) atoms. The average molecular weight is 496 g/mol. The number of rotatable bonds is 5. The van der Waals surface area contributed by atoms with Crippen LogP contribution >= 0.6 is 14.8 Å². The van der Waals surface area contributed by atoms with Gasteiger partial charge in [0, 0.05) is 0 Å². The molecule has 1 aliphatic carbocycles. The fourth-order valence-corrected chi connectivity index (χ4v) is 21.3. The highest BCUT2D eigenvalue weighted by molar-refractivity contribution is 8.15. The van der Waals surface area contributed by atoms with Gasteiger partial charge in [-0.25, -0.2) is 0 Å². The third kappa shape index (κ3) is 3.72. The van der Waals surface area contributed by atoms with E-state index in [9.17, 15) is 0 Å². The fraction of sp³-hybridized carbons (Fsp3) is 0.250. The summed E-state index contributed by atoms with van der Waals surface area (Å²) in [6.07, 6.45) is 5.37. The first-order chi connectivity index (χ1) is 17.3. The van der Waals surface area contributed by atoms with Crippen LogP contribution in [0.15, 0.2) is 121 Å². The van der Waals surface area contributed by atoms with E-state index in [1.165, 1.54) is 31.6 Å². The average Bonchev–Trinajstić information content (AvgIpc) is 2.92. The third-order valence-corrected chi connectivity index (χ3v) is 19.9. The summed E-state index contributed by atoms with van der Waals surface area (Å²) in [5.74, 6) is 1.97. The highest BCUT2D eigenvalue weighted by Crippen LogP contribution is 2.92. The molecule has 1 saturated heterocycles. The van der Waals surface area contributed by atoms with Crippen molar-refractivity contribution in [3.8, 4) is 0 Å². The zero-order chi connectivity index (χ0) is 23.7. The summed E-state index contributed by atoms with van der Waals surface area (Å²) in [4.78, 5) is 0. The van der Waals surface area contributed by atoms with Gasteiger partial charge in [0.2, 0.25) is 20.7 Å².